The van der Waals surface area contributed by atoms with E-state index in [-0.39, 0.29) is 23.2 Å². The predicted octanol–water partition coefficient (Wildman–Crippen LogP) is 27.8. The summed E-state index contributed by atoms with van der Waals surface area (Å²) in [5, 5.41) is 10.3. The van der Waals surface area contributed by atoms with Crippen LogP contribution >= 0.6 is 31.9 Å². The highest BCUT2D eigenvalue weighted by Gasteiger charge is 2.70. The van der Waals surface area contributed by atoms with E-state index in [1.165, 1.54) is 137 Å². The third-order valence-electron chi connectivity index (χ3n) is 26.7. The summed E-state index contributed by atoms with van der Waals surface area (Å²) >= 11 is 8.28. The lowest BCUT2D eigenvalue weighted by atomic mass is 9.43. The molecule has 7 heteroatoms. The SMILES string of the molecule is Brc1ccc(-c2ccc3c(c2)c2ccccc2n3-c2nc(-c3ccccc3)c3ccc4c(-c5ccc6c7cc(-c8ccc9c(c8)c8cc(-c%10ccc(Br)c%11c%10C%10c%12ccccc%12C%10%12c%10ccccc%10C%11%12)ccc8n9-c8ccccc8)ccc7n(-c7ccccc7)c6c5)cccc4c3n2)c2c1C1c3ccccc3C2c2ccccc21. The molecule has 4 heterocycles. The standard InChI is InChI=1S/C107H63Br2N5/c108-88-49-47-69(98-96-74-28-10-12-30-76(74)97(100(88)98)77-31-13-11-29-75(77)96)63-43-54-94-83(57-63)72-27-16-19-38-90(72)114(94)106-110-104(60-21-4-1-5-22-60)81-46-45-71-68(34-20-35-78(71)105(81)111-106)65-39-44-73-82-55-61(40-51-91(82)113(95(73)59-65)67-25-8-3-9-26-67)62-41-52-92-84(56-62)85-58-64(42-53-93(85)112(92)66-23-6-2-7-24-66)70-48-50-89(109)101-99(70)102-79-32-14-17-36-86(79)107(102)87-37-18-15-33-80(87)103(101)107/h1-59,96-97,102-103H. The summed E-state index contributed by atoms with van der Waals surface area (Å²) in [5.74, 6) is 1.47. The second kappa shape index (κ2) is 23.4. The lowest BCUT2D eigenvalue weighted by molar-refractivity contribution is 0.332. The Labute approximate surface area is 673 Å². The molecule has 3 atom stereocenters. The van der Waals surface area contributed by atoms with Crippen LogP contribution in [0.2, 0.25) is 0 Å². The molecule has 5 nitrogen and oxygen atoms in total. The second-order valence-electron chi connectivity index (χ2n) is 31.8. The van der Waals surface area contributed by atoms with Gasteiger partial charge in [-0.25, -0.2) is 9.97 Å². The van der Waals surface area contributed by atoms with Crippen molar-refractivity contribution in [2.24, 2.45) is 0 Å². The van der Waals surface area contributed by atoms with E-state index in [9.17, 15) is 0 Å². The molecular weight excluding hydrogens is 1520 g/mol. The molecule has 6 aliphatic rings. The Bertz CT molecular complexity index is 7810. The van der Waals surface area contributed by atoms with Crippen molar-refractivity contribution in [1.82, 2.24) is 23.7 Å². The van der Waals surface area contributed by atoms with E-state index in [0.29, 0.717) is 11.9 Å². The molecule has 0 saturated carbocycles. The Balaban J connectivity index is 0.611. The van der Waals surface area contributed by atoms with Gasteiger partial charge in [0, 0.05) is 98.1 Å². The highest BCUT2D eigenvalue weighted by atomic mass is 79.9. The molecular formula is C107H63Br2N5. The Morgan fingerprint density at radius 3 is 1.28 bits per heavy atom. The maximum atomic E-state index is 5.79. The molecule has 6 aliphatic carbocycles. The zero-order valence-electron chi connectivity index (χ0n) is 61.4. The maximum absolute atomic E-state index is 5.79. The molecule has 530 valence electrons. The molecule has 3 unspecified atom stereocenters. The number of aromatic nitrogens is 5. The summed E-state index contributed by atoms with van der Waals surface area (Å²) in [6, 6.07) is 134. The summed E-state index contributed by atoms with van der Waals surface area (Å²) in [6.07, 6.45) is 0. The van der Waals surface area contributed by atoms with Crippen molar-refractivity contribution in [3.8, 4) is 73.1 Å². The molecule has 0 saturated heterocycles. The monoisotopic (exact) mass is 1580 g/mol. The quantitative estimate of drug-likeness (QED) is 0.142. The van der Waals surface area contributed by atoms with Crippen LogP contribution in [0.15, 0.2) is 367 Å². The van der Waals surface area contributed by atoms with Gasteiger partial charge in [-0.15, -0.1) is 0 Å². The predicted molar refractivity (Wildman–Crippen MR) is 475 cm³/mol. The fourth-order valence-electron chi connectivity index (χ4n) is 22.2. The van der Waals surface area contributed by atoms with Gasteiger partial charge in [-0.3, -0.25) is 4.57 Å². The average molecular weight is 1580 g/mol. The fourth-order valence-corrected chi connectivity index (χ4v) is 23.3. The van der Waals surface area contributed by atoms with Gasteiger partial charge in [0.05, 0.1) is 44.3 Å². The van der Waals surface area contributed by atoms with Crippen LogP contribution in [0.5, 0.6) is 0 Å². The summed E-state index contributed by atoms with van der Waals surface area (Å²) in [4.78, 5) is 11.5. The van der Waals surface area contributed by atoms with Crippen molar-refractivity contribution in [1.29, 1.82) is 0 Å². The number of halogens is 2. The molecule has 0 N–H and O–H groups in total. The topological polar surface area (TPSA) is 40.6 Å². The Hall–Kier alpha value is -13.3. The van der Waals surface area contributed by atoms with Crippen LogP contribution in [0.3, 0.4) is 0 Å². The molecule has 114 heavy (non-hydrogen) atoms. The molecule has 2 bridgehead atoms. The maximum Gasteiger partial charge on any atom is 0.235 e. The Morgan fingerprint density at radius 1 is 0.246 bits per heavy atom. The van der Waals surface area contributed by atoms with Gasteiger partial charge >= 0.3 is 0 Å². The highest BCUT2D eigenvalue weighted by Crippen LogP contribution is 2.79. The first-order chi connectivity index (χ1) is 56.4. The summed E-state index contributed by atoms with van der Waals surface area (Å²) in [6.45, 7) is 0. The molecule has 17 aromatic carbocycles. The van der Waals surface area contributed by atoms with Gasteiger partial charge in [-0.2, -0.15) is 0 Å². The lowest BCUT2D eigenvalue weighted by Gasteiger charge is -2.58. The van der Waals surface area contributed by atoms with Crippen molar-refractivity contribution in [3.05, 3.63) is 434 Å². The summed E-state index contributed by atoms with van der Waals surface area (Å²) in [5.41, 5.74) is 38.6. The molecule has 21 aromatic rings. The van der Waals surface area contributed by atoms with Crippen LogP contribution in [-0.4, -0.2) is 23.7 Å². The average Bonchev–Trinajstić information content (AvgIpc) is 1.44. The molecule has 0 aliphatic heterocycles. The van der Waals surface area contributed by atoms with Gasteiger partial charge < -0.3 is 9.13 Å². The van der Waals surface area contributed by atoms with E-state index < -0.39 is 0 Å². The van der Waals surface area contributed by atoms with Gasteiger partial charge in [0.1, 0.15) is 0 Å². The van der Waals surface area contributed by atoms with E-state index in [2.05, 4.69) is 403 Å². The molecule has 0 amide bonds. The minimum atomic E-state index is -0.0464. The van der Waals surface area contributed by atoms with Crippen LogP contribution < -0.4 is 0 Å². The second-order valence-corrected chi connectivity index (χ2v) is 33.5. The van der Waals surface area contributed by atoms with Gasteiger partial charge in [-0.05, 0) is 220 Å². The molecule has 27 rings (SSSR count). The van der Waals surface area contributed by atoms with Crippen LogP contribution in [-0.2, 0) is 5.41 Å². The number of hydrogen-bond acceptors (Lipinski definition) is 2. The first kappa shape index (κ1) is 63.4. The van der Waals surface area contributed by atoms with E-state index in [4.69, 9.17) is 9.97 Å². The van der Waals surface area contributed by atoms with Crippen molar-refractivity contribution in [3.63, 3.8) is 0 Å². The lowest BCUT2D eigenvalue weighted by Crippen LogP contribution is -2.52. The van der Waals surface area contributed by atoms with E-state index in [1.54, 1.807) is 0 Å². The molecule has 0 fully saturated rings. The van der Waals surface area contributed by atoms with Crippen LogP contribution in [0.4, 0.5) is 0 Å². The van der Waals surface area contributed by atoms with Gasteiger partial charge in [-0.1, -0.05) is 287 Å². The molecule has 4 aromatic heterocycles. The van der Waals surface area contributed by atoms with E-state index in [1.807, 2.05) is 0 Å². The zero-order chi connectivity index (χ0) is 74.5. The van der Waals surface area contributed by atoms with Crippen molar-refractivity contribution >= 4 is 119 Å². The zero-order valence-corrected chi connectivity index (χ0v) is 64.5. The molecule has 0 radical (unpaired) electrons. The van der Waals surface area contributed by atoms with Crippen molar-refractivity contribution in [2.75, 3.05) is 0 Å². The van der Waals surface area contributed by atoms with Crippen LogP contribution in [0.25, 0.3) is 160 Å². The summed E-state index contributed by atoms with van der Waals surface area (Å²) < 4.78 is 9.57. The Morgan fingerprint density at radius 2 is 0.667 bits per heavy atom. The van der Waals surface area contributed by atoms with Gasteiger partial charge in [0.15, 0.2) is 0 Å². The van der Waals surface area contributed by atoms with Crippen molar-refractivity contribution < 1.29 is 0 Å². The number of benzene rings is 17. The minimum absolute atomic E-state index is 0.0464. The number of para-hydroxylation sites is 3. The first-order valence-electron chi connectivity index (χ1n) is 39.5. The van der Waals surface area contributed by atoms with Gasteiger partial charge in [0.2, 0.25) is 5.95 Å². The van der Waals surface area contributed by atoms with Crippen LogP contribution in [0.1, 0.15) is 90.4 Å². The minimum Gasteiger partial charge on any atom is -0.309 e. The number of hydrogen-bond donors (Lipinski definition) is 0. The van der Waals surface area contributed by atoms with E-state index in [0.717, 1.165) is 92.7 Å². The van der Waals surface area contributed by atoms with Gasteiger partial charge in [0.25, 0.3) is 0 Å². The highest BCUT2D eigenvalue weighted by molar-refractivity contribution is 9.10. The number of nitrogens with zero attached hydrogens (tertiary/aromatic N) is 5. The third-order valence-corrected chi connectivity index (χ3v) is 28.0. The van der Waals surface area contributed by atoms with E-state index >= 15 is 0 Å². The fraction of sp³-hybridized carbons (Fsp3) is 0.0467. The first-order valence-corrected chi connectivity index (χ1v) is 41.1. The van der Waals surface area contributed by atoms with Crippen LogP contribution in [0, 0.1) is 0 Å². The van der Waals surface area contributed by atoms with Crippen molar-refractivity contribution in [2.45, 2.75) is 29.1 Å². The number of rotatable bonds is 8. The molecule has 1 spiro atoms. The summed E-state index contributed by atoms with van der Waals surface area (Å²) in [7, 11) is 0. The smallest absolute Gasteiger partial charge is 0.235 e. The number of fused-ring (bicyclic) bond motifs is 19. The normalized spacial score (nSPS) is 17.1. The third kappa shape index (κ3) is 8.36. The largest absolute Gasteiger partial charge is 0.309 e. The Kier molecular flexibility index (Phi) is 13.0.